The van der Waals surface area contributed by atoms with E-state index in [1.165, 1.54) is 16.7 Å². The molecule has 0 spiro atoms. The molecule has 108 valence electrons. The van der Waals surface area contributed by atoms with E-state index in [0.29, 0.717) is 12.2 Å². The third-order valence-electron chi connectivity index (χ3n) is 2.66. The first kappa shape index (κ1) is 15.4. The van der Waals surface area contributed by atoms with E-state index in [0.717, 1.165) is 0 Å². The van der Waals surface area contributed by atoms with Crippen LogP contribution in [0.1, 0.15) is 13.3 Å². The smallest absolute Gasteiger partial charge is 0.327 e. The van der Waals surface area contributed by atoms with Gasteiger partial charge in [-0.1, -0.05) is 6.92 Å². The second kappa shape index (κ2) is 7.07. The van der Waals surface area contributed by atoms with Crippen LogP contribution in [0.3, 0.4) is 0 Å². The number of carboxylic acids is 1. The average Bonchev–Trinajstić information content (AvgIpc) is 2.77. The molecule has 19 heavy (non-hydrogen) atoms. The van der Waals surface area contributed by atoms with E-state index >= 15 is 0 Å². The van der Waals surface area contributed by atoms with Crippen molar-refractivity contribution in [2.24, 2.45) is 5.73 Å². The molecule has 0 aromatic rings. The molecule has 1 heterocycles. The average molecular weight is 290 g/mol. The molecule has 5 N–H and O–H groups in total. The fourth-order valence-corrected chi connectivity index (χ4v) is 3.13. The van der Waals surface area contributed by atoms with Crippen molar-refractivity contribution in [2.75, 3.05) is 18.8 Å². The minimum absolute atomic E-state index is 0.134. The summed E-state index contributed by atoms with van der Waals surface area (Å²) in [5, 5.41) is 13.9. The quantitative estimate of drug-likeness (QED) is 0.513. The highest BCUT2D eigenvalue weighted by molar-refractivity contribution is 8.00. The maximum atomic E-state index is 12.0. The van der Waals surface area contributed by atoms with Crippen LogP contribution in [0.2, 0.25) is 0 Å². The summed E-state index contributed by atoms with van der Waals surface area (Å²) >= 11 is 1.45. The number of amides is 4. The van der Waals surface area contributed by atoms with Crippen LogP contribution in [0.25, 0.3) is 0 Å². The van der Waals surface area contributed by atoms with Gasteiger partial charge in [-0.05, 0) is 6.42 Å². The minimum Gasteiger partial charge on any atom is -0.480 e. The van der Waals surface area contributed by atoms with Crippen molar-refractivity contribution in [3.63, 3.8) is 0 Å². The zero-order chi connectivity index (χ0) is 14.4. The third kappa shape index (κ3) is 4.19. The highest BCUT2D eigenvalue weighted by Crippen LogP contribution is 2.31. The van der Waals surface area contributed by atoms with E-state index in [1.54, 1.807) is 0 Å². The van der Waals surface area contributed by atoms with Gasteiger partial charge in [0.15, 0.2) is 0 Å². The Morgan fingerprint density at radius 2 is 2.00 bits per heavy atom. The fourth-order valence-electron chi connectivity index (χ4n) is 1.79. The first-order valence-electron chi connectivity index (χ1n) is 5.91. The van der Waals surface area contributed by atoms with Crippen molar-refractivity contribution in [3.05, 3.63) is 0 Å². The molecule has 1 fully saturated rings. The number of carbonyl (C=O) groups excluding carboxylic acids is 2. The molecule has 0 aliphatic carbocycles. The highest BCUT2D eigenvalue weighted by atomic mass is 32.2. The van der Waals surface area contributed by atoms with Gasteiger partial charge >= 0.3 is 18.0 Å². The Morgan fingerprint density at radius 3 is 2.53 bits per heavy atom. The summed E-state index contributed by atoms with van der Waals surface area (Å²) in [5.74, 6) is -0.616. The highest BCUT2D eigenvalue weighted by Gasteiger charge is 2.40. The molecule has 8 nitrogen and oxygen atoms in total. The van der Waals surface area contributed by atoms with Gasteiger partial charge in [-0.3, -0.25) is 4.90 Å². The number of thioether (sulfide) groups is 1. The molecule has 0 radical (unpaired) electrons. The molecule has 0 saturated carbocycles. The SMILES string of the molecule is CCC1SCC(C(=O)O)N1C(=O)NCCNC(N)=O. The summed E-state index contributed by atoms with van der Waals surface area (Å²) in [6, 6.07) is -1.91. The molecular formula is C10H18N4O4S. The molecule has 2 unspecified atom stereocenters. The summed E-state index contributed by atoms with van der Waals surface area (Å²) in [6.07, 6.45) is 0.682. The number of aliphatic carboxylic acids is 1. The Balaban J connectivity index is 2.51. The summed E-state index contributed by atoms with van der Waals surface area (Å²) in [5.41, 5.74) is 4.88. The lowest BCUT2D eigenvalue weighted by Gasteiger charge is -2.26. The molecule has 0 bridgehead atoms. The number of hydrogen-bond acceptors (Lipinski definition) is 4. The van der Waals surface area contributed by atoms with Crippen LogP contribution in [-0.4, -0.2) is 58.3 Å². The lowest BCUT2D eigenvalue weighted by molar-refractivity contribution is -0.141. The van der Waals surface area contributed by atoms with Crippen LogP contribution in [0, 0.1) is 0 Å². The van der Waals surface area contributed by atoms with Crippen LogP contribution in [0.15, 0.2) is 0 Å². The predicted molar refractivity (Wildman–Crippen MR) is 70.8 cm³/mol. The van der Waals surface area contributed by atoms with Gasteiger partial charge < -0.3 is 21.5 Å². The Bertz CT molecular complexity index is 365. The topological polar surface area (TPSA) is 125 Å². The number of hydrogen-bond donors (Lipinski definition) is 4. The zero-order valence-corrected chi connectivity index (χ0v) is 11.4. The van der Waals surface area contributed by atoms with E-state index < -0.39 is 24.1 Å². The molecule has 4 amide bonds. The molecule has 2 atom stereocenters. The maximum absolute atomic E-state index is 12.0. The number of rotatable bonds is 5. The van der Waals surface area contributed by atoms with E-state index in [9.17, 15) is 14.4 Å². The van der Waals surface area contributed by atoms with Crippen LogP contribution in [-0.2, 0) is 4.79 Å². The summed E-state index contributed by atoms with van der Waals surface area (Å²) < 4.78 is 0. The summed E-state index contributed by atoms with van der Waals surface area (Å²) in [6.45, 7) is 2.30. The lowest BCUT2D eigenvalue weighted by atomic mass is 10.3. The van der Waals surface area contributed by atoms with Crippen molar-refractivity contribution in [1.82, 2.24) is 15.5 Å². The number of nitrogens with one attached hydrogen (secondary N) is 2. The fraction of sp³-hybridized carbons (Fsp3) is 0.700. The first-order chi connectivity index (χ1) is 8.97. The summed E-state index contributed by atoms with van der Waals surface area (Å²) in [7, 11) is 0. The van der Waals surface area contributed by atoms with E-state index in [2.05, 4.69) is 10.6 Å². The number of carboxylic acid groups (broad SMARTS) is 1. The predicted octanol–water partition coefficient (Wildman–Crippen LogP) is -0.398. The van der Waals surface area contributed by atoms with E-state index in [1.807, 2.05) is 6.92 Å². The number of primary amides is 1. The van der Waals surface area contributed by atoms with Crippen molar-refractivity contribution >= 4 is 29.8 Å². The molecule has 9 heteroatoms. The van der Waals surface area contributed by atoms with Gasteiger partial charge in [0.2, 0.25) is 0 Å². The van der Waals surface area contributed by atoms with E-state index in [-0.39, 0.29) is 18.5 Å². The summed E-state index contributed by atoms with van der Waals surface area (Å²) in [4.78, 5) is 34.8. The Morgan fingerprint density at radius 1 is 1.37 bits per heavy atom. The van der Waals surface area contributed by atoms with Crippen LogP contribution in [0.4, 0.5) is 9.59 Å². The largest absolute Gasteiger partial charge is 0.480 e. The normalized spacial score (nSPS) is 22.1. The second-order valence-corrected chi connectivity index (χ2v) is 5.19. The standard InChI is InChI=1S/C10H18N4O4S/c1-2-7-14(6(5-19-7)8(15)16)10(18)13-4-3-12-9(11)17/h6-7H,2-5H2,1H3,(H,13,18)(H,15,16)(H3,11,12,17). The van der Waals surface area contributed by atoms with Crippen LogP contribution < -0.4 is 16.4 Å². The molecule has 1 rings (SSSR count). The van der Waals surface area contributed by atoms with Gasteiger partial charge in [-0.2, -0.15) is 0 Å². The first-order valence-corrected chi connectivity index (χ1v) is 6.96. The lowest BCUT2D eigenvalue weighted by Crippen LogP contribution is -2.51. The minimum atomic E-state index is -1.01. The molecular weight excluding hydrogens is 272 g/mol. The van der Waals surface area contributed by atoms with Crippen molar-refractivity contribution in [2.45, 2.75) is 24.8 Å². The van der Waals surface area contributed by atoms with Gasteiger partial charge in [0, 0.05) is 18.8 Å². The van der Waals surface area contributed by atoms with Crippen molar-refractivity contribution in [1.29, 1.82) is 0 Å². The van der Waals surface area contributed by atoms with Crippen LogP contribution >= 0.6 is 11.8 Å². The molecule has 1 aliphatic heterocycles. The van der Waals surface area contributed by atoms with Gasteiger partial charge in [-0.25, -0.2) is 14.4 Å². The van der Waals surface area contributed by atoms with E-state index in [4.69, 9.17) is 10.8 Å². The van der Waals surface area contributed by atoms with Gasteiger partial charge in [0.05, 0.1) is 5.37 Å². The molecule has 1 saturated heterocycles. The van der Waals surface area contributed by atoms with Crippen molar-refractivity contribution in [3.8, 4) is 0 Å². The van der Waals surface area contributed by atoms with Gasteiger partial charge in [0.1, 0.15) is 6.04 Å². The van der Waals surface area contributed by atoms with Crippen molar-refractivity contribution < 1.29 is 19.5 Å². The number of nitrogens with zero attached hydrogens (tertiary/aromatic N) is 1. The molecule has 0 aromatic carbocycles. The van der Waals surface area contributed by atoms with Gasteiger partial charge in [0.25, 0.3) is 0 Å². The monoisotopic (exact) mass is 290 g/mol. The molecule has 0 aromatic heterocycles. The third-order valence-corrected chi connectivity index (χ3v) is 4.12. The number of nitrogens with two attached hydrogens (primary N) is 1. The van der Waals surface area contributed by atoms with Gasteiger partial charge in [-0.15, -0.1) is 11.8 Å². The second-order valence-electron chi connectivity index (χ2n) is 3.98. The number of urea groups is 2. The Hall–Kier alpha value is -1.64. The molecule has 1 aliphatic rings. The Labute approximate surface area is 115 Å². The number of carbonyl (C=O) groups is 3. The van der Waals surface area contributed by atoms with Crippen LogP contribution in [0.5, 0.6) is 0 Å². The Kier molecular flexibility index (Phi) is 5.74. The zero-order valence-electron chi connectivity index (χ0n) is 10.6. The maximum Gasteiger partial charge on any atom is 0.327 e.